The van der Waals surface area contributed by atoms with Crippen LogP contribution in [0.1, 0.15) is 66.7 Å². The third-order valence-electron chi connectivity index (χ3n) is 5.01. The highest BCUT2D eigenvalue weighted by molar-refractivity contribution is 5.71. The zero-order valence-electron chi connectivity index (χ0n) is 14.1. The molecule has 0 amide bonds. The van der Waals surface area contributed by atoms with Crippen LogP contribution in [0.2, 0.25) is 0 Å². The molecule has 2 atom stereocenters. The summed E-state index contributed by atoms with van der Waals surface area (Å²) in [7, 11) is 0. The van der Waals surface area contributed by atoms with Gasteiger partial charge in [-0.2, -0.15) is 0 Å². The molecule has 118 valence electrons. The summed E-state index contributed by atoms with van der Waals surface area (Å²) >= 11 is 0. The average Bonchev–Trinajstić information content (AvgIpc) is 2.40. The first-order chi connectivity index (χ1) is 9.49. The minimum atomic E-state index is -0.0243. The highest BCUT2D eigenvalue weighted by Crippen LogP contribution is 2.42. The minimum Gasteiger partial charge on any atom is -0.466 e. The third kappa shape index (κ3) is 4.21. The second-order valence-electron chi connectivity index (χ2n) is 6.48. The van der Waals surface area contributed by atoms with Gasteiger partial charge in [0.15, 0.2) is 0 Å². The van der Waals surface area contributed by atoms with E-state index >= 15 is 0 Å². The van der Waals surface area contributed by atoms with Crippen LogP contribution < -0.4 is 0 Å². The first-order valence-electron chi connectivity index (χ1n) is 8.39. The molecule has 1 aliphatic rings. The van der Waals surface area contributed by atoms with Gasteiger partial charge >= 0.3 is 5.97 Å². The smallest absolute Gasteiger partial charge is 0.307 e. The summed E-state index contributed by atoms with van der Waals surface area (Å²) in [5.41, 5.74) is 0.0307. The molecule has 3 nitrogen and oxygen atoms in total. The van der Waals surface area contributed by atoms with Crippen LogP contribution >= 0.6 is 0 Å². The van der Waals surface area contributed by atoms with Gasteiger partial charge in [-0.15, -0.1) is 0 Å². The lowest BCUT2D eigenvalue weighted by Crippen LogP contribution is -2.53. The standard InChI is InChI=1S/C17H33NO2/c1-6-18(7-2)17(13-16(19)20-8-3)11-9-10-15(12-17)14(4)5/h14-15H,6-13H2,1-5H3. The number of esters is 1. The lowest BCUT2D eigenvalue weighted by Gasteiger charge is -2.48. The normalized spacial score (nSPS) is 27.1. The summed E-state index contributed by atoms with van der Waals surface area (Å²) in [6, 6.07) is 0. The Bertz CT molecular complexity index is 299. The van der Waals surface area contributed by atoms with Crippen LogP contribution in [0.25, 0.3) is 0 Å². The van der Waals surface area contributed by atoms with E-state index in [9.17, 15) is 4.79 Å². The van der Waals surface area contributed by atoms with Crippen LogP contribution in [0.4, 0.5) is 0 Å². The molecule has 0 aromatic carbocycles. The van der Waals surface area contributed by atoms with Gasteiger partial charge in [0.1, 0.15) is 0 Å². The van der Waals surface area contributed by atoms with E-state index in [0.717, 1.165) is 31.8 Å². The van der Waals surface area contributed by atoms with Crippen molar-refractivity contribution in [2.75, 3.05) is 19.7 Å². The van der Waals surface area contributed by atoms with Gasteiger partial charge in [0.2, 0.25) is 0 Å². The van der Waals surface area contributed by atoms with E-state index in [-0.39, 0.29) is 11.5 Å². The first-order valence-corrected chi connectivity index (χ1v) is 8.39. The van der Waals surface area contributed by atoms with Gasteiger partial charge in [-0.3, -0.25) is 9.69 Å². The zero-order chi connectivity index (χ0) is 15.2. The van der Waals surface area contributed by atoms with E-state index in [1.54, 1.807) is 0 Å². The Morgan fingerprint density at radius 1 is 1.30 bits per heavy atom. The Morgan fingerprint density at radius 2 is 1.95 bits per heavy atom. The number of carbonyl (C=O) groups is 1. The van der Waals surface area contributed by atoms with Crippen molar-refractivity contribution in [1.82, 2.24) is 4.90 Å². The monoisotopic (exact) mass is 283 g/mol. The fourth-order valence-electron chi connectivity index (χ4n) is 3.89. The van der Waals surface area contributed by atoms with Crippen molar-refractivity contribution in [3.05, 3.63) is 0 Å². The van der Waals surface area contributed by atoms with Gasteiger partial charge in [-0.1, -0.05) is 40.5 Å². The second kappa shape index (κ2) is 8.02. The first kappa shape index (κ1) is 17.5. The Balaban J connectivity index is 2.91. The number of hydrogen-bond acceptors (Lipinski definition) is 3. The molecule has 1 rings (SSSR count). The van der Waals surface area contributed by atoms with Gasteiger partial charge in [0.05, 0.1) is 13.0 Å². The highest BCUT2D eigenvalue weighted by atomic mass is 16.5. The molecule has 0 aromatic rings. The molecule has 0 saturated heterocycles. The molecule has 0 heterocycles. The average molecular weight is 283 g/mol. The molecular weight excluding hydrogens is 250 g/mol. The predicted molar refractivity (Wildman–Crippen MR) is 83.7 cm³/mol. The summed E-state index contributed by atoms with van der Waals surface area (Å²) < 4.78 is 5.24. The third-order valence-corrected chi connectivity index (χ3v) is 5.01. The van der Waals surface area contributed by atoms with Crippen LogP contribution in [-0.4, -0.2) is 36.1 Å². The Hall–Kier alpha value is -0.570. The zero-order valence-corrected chi connectivity index (χ0v) is 14.1. The minimum absolute atomic E-state index is 0.0243. The number of carbonyl (C=O) groups excluding carboxylic acids is 1. The molecule has 2 unspecified atom stereocenters. The van der Waals surface area contributed by atoms with Crippen molar-refractivity contribution in [2.45, 2.75) is 72.3 Å². The van der Waals surface area contributed by atoms with Crippen molar-refractivity contribution in [2.24, 2.45) is 11.8 Å². The largest absolute Gasteiger partial charge is 0.466 e. The van der Waals surface area contributed by atoms with E-state index in [2.05, 4.69) is 32.6 Å². The molecule has 3 heteroatoms. The van der Waals surface area contributed by atoms with E-state index in [1.165, 1.54) is 12.8 Å². The quantitative estimate of drug-likeness (QED) is 0.664. The van der Waals surface area contributed by atoms with Gasteiger partial charge in [-0.05, 0) is 44.7 Å². The molecule has 1 aliphatic carbocycles. The van der Waals surface area contributed by atoms with E-state index in [4.69, 9.17) is 4.74 Å². The van der Waals surface area contributed by atoms with Crippen molar-refractivity contribution < 1.29 is 9.53 Å². The molecule has 0 radical (unpaired) electrons. The van der Waals surface area contributed by atoms with Crippen LogP contribution in [0.5, 0.6) is 0 Å². The van der Waals surface area contributed by atoms with Gasteiger partial charge in [-0.25, -0.2) is 0 Å². The van der Waals surface area contributed by atoms with E-state index in [1.807, 2.05) is 6.92 Å². The molecule has 20 heavy (non-hydrogen) atoms. The lowest BCUT2D eigenvalue weighted by atomic mass is 9.69. The van der Waals surface area contributed by atoms with Crippen LogP contribution in [0.15, 0.2) is 0 Å². The number of nitrogens with zero attached hydrogens (tertiary/aromatic N) is 1. The second-order valence-corrected chi connectivity index (χ2v) is 6.48. The molecule has 0 aromatic heterocycles. The molecule has 0 bridgehead atoms. The highest BCUT2D eigenvalue weighted by Gasteiger charge is 2.42. The maximum absolute atomic E-state index is 12.1. The van der Waals surface area contributed by atoms with Crippen LogP contribution in [-0.2, 0) is 9.53 Å². The van der Waals surface area contributed by atoms with Crippen molar-refractivity contribution in [1.29, 1.82) is 0 Å². The Labute approximate surface area is 125 Å². The molecule has 0 N–H and O–H groups in total. The number of rotatable bonds is 7. The van der Waals surface area contributed by atoms with E-state index in [0.29, 0.717) is 18.9 Å². The Kier molecular flexibility index (Phi) is 7.01. The number of hydrogen-bond donors (Lipinski definition) is 0. The summed E-state index contributed by atoms with van der Waals surface area (Å²) in [6.07, 6.45) is 5.38. The van der Waals surface area contributed by atoms with Crippen molar-refractivity contribution >= 4 is 5.97 Å². The molecular formula is C17H33NO2. The summed E-state index contributed by atoms with van der Waals surface area (Å²) in [4.78, 5) is 14.6. The van der Waals surface area contributed by atoms with Crippen molar-refractivity contribution in [3.8, 4) is 0 Å². The van der Waals surface area contributed by atoms with Gasteiger partial charge < -0.3 is 4.74 Å². The summed E-state index contributed by atoms with van der Waals surface area (Å²) in [6.45, 7) is 13.4. The fourth-order valence-corrected chi connectivity index (χ4v) is 3.89. The van der Waals surface area contributed by atoms with Gasteiger partial charge in [0.25, 0.3) is 0 Å². The van der Waals surface area contributed by atoms with Crippen molar-refractivity contribution in [3.63, 3.8) is 0 Å². The molecule has 1 fully saturated rings. The molecule has 0 aliphatic heterocycles. The van der Waals surface area contributed by atoms with Crippen LogP contribution in [0, 0.1) is 11.8 Å². The number of ether oxygens (including phenoxy) is 1. The summed E-state index contributed by atoms with van der Waals surface area (Å²) in [5, 5.41) is 0. The SMILES string of the molecule is CCOC(=O)CC1(N(CC)CC)CCCC(C(C)C)C1. The lowest BCUT2D eigenvalue weighted by molar-refractivity contribution is -0.148. The molecule has 0 spiro atoms. The maximum atomic E-state index is 12.1. The molecule has 1 saturated carbocycles. The summed E-state index contributed by atoms with van der Waals surface area (Å²) in [5.74, 6) is 1.41. The Morgan fingerprint density at radius 3 is 2.45 bits per heavy atom. The fraction of sp³-hybridized carbons (Fsp3) is 0.941. The predicted octanol–water partition coefficient (Wildman–Crippen LogP) is 3.87. The van der Waals surface area contributed by atoms with Gasteiger partial charge in [0, 0.05) is 5.54 Å². The van der Waals surface area contributed by atoms with Crippen LogP contribution in [0.3, 0.4) is 0 Å². The van der Waals surface area contributed by atoms with E-state index < -0.39 is 0 Å². The topological polar surface area (TPSA) is 29.5 Å². The maximum Gasteiger partial charge on any atom is 0.307 e.